The maximum Gasteiger partial charge on any atom is 0.319 e. The summed E-state index contributed by atoms with van der Waals surface area (Å²) in [6.07, 6.45) is -0.343. The van der Waals surface area contributed by atoms with E-state index in [1.54, 1.807) is 10.6 Å². The van der Waals surface area contributed by atoms with Crippen LogP contribution in [0.2, 0.25) is 0 Å². The highest BCUT2D eigenvalue weighted by Crippen LogP contribution is 2.35. The highest BCUT2D eigenvalue weighted by Gasteiger charge is 2.44. The lowest BCUT2D eigenvalue weighted by molar-refractivity contribution is -0.125. The van der Waals surface area contributed by atoms with E-state index in [0.717, 1.165) is 11.1 Å². The first-order valence-electron chi connectivity index (χ1n) is 17.8. The van der Waals surface area contributed by atoms with Crippen molar-refractivity contribution in [1.29, 1.82) is 0 Å². The van der Waals surface area contributed by atoms with Crippen LogP contribution in [0.3, 0.4) is 0 Å². The molecule has 1 saturated carbocycles. The van der Waals surface area contributed by atoms with E-state index in [4.69, 9.17) is 15.1 Å². The molecule has 19 heteroatoms. The molecular weight excluding hydrogens is 764 g/mol. The van der Waals surface area contributed by atoms with Gasteiger partial charge in [-0.2, -0.15) is 9.97 Å². The van der Waals surface area contributed by atoms with E-state index in [-0.39, 0.29) is 41.4 Å². The molecule has 0 radical (unpaired) electrons. The van der Waals surface area contributed by atoms with Crippen molar-refractivity contribution in [2.75, 3.05) is 41.8 Å². The fourth-order valence-corrected chi connectivity index (χ4v) is 7.81. The first kappa shape index (κ1) is 40.3. The van der Waals surface area contributed by atoms with Crippen LogP contribution in [-0.4, -0.2) is 106 Å². The molecule has 7 rings (SSSR count). The average Bonchev–Trinajstić information content (AvgIpc) is 3.90. The molecule has 3 aromatic carbocycles. The molecule has 1 aliphatic heterocycles. The number of nitrogens with one attached hydrogen (secondary N) is 4. The summed E-state index contributed by atoms with van der Waals surface area (Å²) in [6.45, 7) is 0.529. The summed E-state index contributed by atoms with van der Waals surface area (Å²) in [5.41, 5.74) is 3.28. The Morgan fingerprint density at radius 3 is 2.29 bits per heavy atom. The van der Waals surface area contributed by atoms with Gasteiger partial charge in [0.1, 0.15) is 18.8 Å². The maximum atomic E-state index is 13.0. The minimum absolute atomic E-state index is 0. The molecule has 1 unspecified atom stereocenters. The van der Waals surface area contributed by atoms with Crippen molar-refractivity contribution in [3.8, 4) is 0 Å². The van der Waals surface area contributed by atoms with Crippen molar-refractivity contribution in [1.82, 2.24) is 30.2 Å². The van der Waals surface area contributed by atoms with Crippen molar-refractivity contribution in [3.05, 3.63) is 102 Å². The summed E-state index contributed by atoms with van der Waals surface area (Å²) in [5.74, 6) is 0.0667. The number of urea groups is 1. The molecule has 1 aliphatic carbocycles. The quantitative estimate of drug-likeness (QED) is 0.0898. The van der Waals surface area contributed by atoms with Crippen LogP contribution in [0.15, 0.2) is 96.2 Å². The number of primary sulfonamides is 1. The highest BCUT2D eigenvalue weighted by molar-refractivity contribution is 7.89. The van der Waals surface area contributed by atoms with Crippen molar-refractivity contribution in [2.45, 2.75) is 54.0 Å². The third-order valence-electron chi connectivity index (χ3n) is 10.0. The van der Waals surface area contributed by atoms with Gasteiger partial charge in [-0.3, -0.25) is 4.79 Å². The molecule has 5 aromatic rings. The molecule has 3 heterocycles. The molecule has 296 valence electrons. The average molecular weight is 807 g/mol. The number of aliphatic hydroxyl groups is 3. The minimum atomic E-state index is -3.95. The molecule has 0 bridgehead atoms. The summed E-state index contributed by atoms with van der Waals surface area (Å²) in [5, 5.41) is 48.1. The zero-order valence-corrected chi connectivity index (χ0v) is 31.6. The van der Waals surface area contributed by atoms with Crippen LogP contribution in [0, 0.1) is 0 Å². The van der Waals surface area contributed by atoms with E-state index < -0.39 is 52.9 Å². The number of hydrogen-bond acceptors (Lipinski definition) is 12. The summed E-state index contributed by atoms with van der Waals surface area (Å²) >= 11 is 0. The Bertz CT molecular complexity index is 2230. The summed E-state index contributed by atoms with van der Waals surface area (Å²) in [7, 11) is -3.95. The lowest BCUT2D eigenvalue weighted by atomic mass is 9.91. The minimum Gasteiger partial charge on any atom is -0.388 e. The number of amides is 3. The molecule has 0 spiro atoms. The molecule has 2 aromatic heterocycles. The number of nitrogens with two attached hydrogens (primary N) is 1. The second kappa shape index (κ2) is 17.2. The van der Waals surface area contributed by atoms with Gasteiger partial charge in [0.15, 0.2) is 17.0 Å². The van der Waals surface area contributed by atoms with E-state index in [9.17, 15) is 33.3 Å². The van der Waals surface area contributed by atoms with Crippen LogP contribution in [0.25, 0.3) is 11.2 Å². The molecule has 1 saturated heterocycles. The van der Waals surface area contributed by atoms with Crippen molar-refractivity contribution in [2.24, 2.45) is 5.14 Å². The van der Waals surface area contributed by atoms with E-state index in [1.165, 1.54) is 24.5 Å². The summed E-state index contributed by atoms with van der Waals surface area (Å²) in [6, 6.07) is 23.4. The SMILES string of the molecule is Cl.NS(=O)(=O)c1cccc(NC(=O)NC2CCN(c3nc(NCC(c4ccccc4)c4ccccc4)c4ncn([C@@H]5C[C@H](NC(=O)CO)[C@@H](O)[C@H]5O)c4n3)C2)c1. The van der Waals surface area contributed by atoms with Gasteiger partial charge >= 0.3 is 6.03 Å². The Kier molecular flexibility index (Phi) is 12.4. The predicted molar refractivity (Wildman–Crippen MR) is 211 cm³/mol. The number of fused-ring (bicyclic) bond motifs is 1. The van der Waals surface area contributed by atoms with Gasteiger partial charge in [-0.1, -0.05) is 66.7 Å². The third kappa shape index (κ3) is 8.85. The van der Waals surface area contributed by atoms with Gasteiger partial charge in [-0.15, -0.1) is 12.4 Å². The summed E-state index contributed by atoms with van der Waals surface area (Å²) < 4.78 is 25.2. The number of benzene rings is 3. The largest absolute Gasteiger partial charge is 0.388 e. The van der Waals surface area contributed by atoms with E-state index in [2.05, 4.69) is 50.5 Å². The maximum absolute atomic E-state index is 13.0. The van der Waals surface area contributed by atoms with Gasteiger partial charge in [-0.25, -0.2) is 23.3 Å². The molecule has 2 aliphatic rings. The number of aromatic nitrogens is 4. The Morgan fingerprint density at radius 1 is 0.929 bits per heavy atom. The topological polar surface area (TPSA) is 250 Å². The van der Waals surface area contributed by atoms with Gasteiger partial charge in [0.25, 0.3) is 0 Å². The number of carbonyl (C=O) groups is 2. The number of nitrogens with zero attached hydrogens (tertiary/aromatic N) is 5. The van der Waals surface area contributed by atoms with Crippen LogP contribution in [-0.2, 0) is 14.8 Å². The number of sulfonamides is 1. The number of aliphatic hydroxyl groups excluding tert-OH is 3. The van der Waals surface area contributed by atoms with Crippen molar-refractivity contribution >= 4 is 63.0 Å². The van der Waals surface area contributed by atoms with Crippen molar-refractivity contribution in [3.63, 3.8) is 0 Å². The number of carbonyl (C=O) groups excluding carboxylic acids is 2. The van der Waals surface area contributed by atoms with Crippen LogP contribution in [0.4, 0.5) is 22.2 Å². The number of rotatable bonds is 12. The van der Waals surface area contributed by atoms with Gasteiger partial charge in [0, 0.05) is 37.3 Å². The first-order valence-corrected chi connectivity index (χ1v) is 19.3. The first-order chi connectivity index (χ1) is 26.5. The zero-order valence-electron chi connectivity index (χ0n) is 30.0. The second-order valence-corrected chi connectivity index (χ2v) is 15.2. The molecule has 3 amide bonds. The van der Waals surface area contributed by atoms with Gasteiger partial charge < -0.3 is 46.1 Å². The highest BCUT2D eigenvalue weighted by atomic mass is 35.5. The second-order valence-electron chi connectivity index (χ2n) is 13.7. The Balaban J connectivity index is 0.00000532. The van der Waals surface area contributed by atoms with Crippen LogP contribution < -0.4 is 31.3 Å². The fourth-order valence-electron chi connectivity index (χ4n) is 7.25. The normalized spacial score (nSPS) is 20.8. The third-order valence-corrected chi connectivity index (χ3v) is 10.9. The van der Waals surface area contributed by atoms with Crippen LogP contribution >= 0.6 is 12.4 Å². The molecule has 56 heavy (non-hydrogen) atoms. The number of imidazole rings is 1. The van der Waals surface area contributed by atoms with Crippen LogP contribution in [0.1, 0.15) is 35.9 Å². The lowest BCUT2D eigenvalue weighted by Gasteiger charge is -2.22. The smallest absolute Gasteiger partial charge is 0.319 e. The number of hydrogen-bond donors (Lipinski definition) is 8. The Hall–Kier alpha value is -5.37. The Morgan fingerprint density at radius 2 is 1.62 bits per heavy atom. The molecular formula is C37H43ClN10O7S. The van der Waals surface area contributed by atoms with Crippen molar-refractivity contribution < 1.29 is 33.3 Å². The van der Waals surface area contributed by atoms with E-state index >= 15 is 0 Å². The van der Waals surface area contributed by atoms with Crippen LogP contribution in [0.5, 0.6) is 0 Å². The Labute approximate surface area is 328 Å². The van der Waals surface area contributed by atoms with Gasteiger partial charge in [0.2, 0.25) is 21.9 Å². The molecule has 5 atom stereocenters. The molecule has 17 nitrogen and oxygen atoms in total. The monoisotopic (exact) mass is 806 g/mol. The van der Waals surface area contributed by atoms with E-state index in [1.807, 2.05) is 41.3 Å². The van der Waals surface area contributed by atoms with Gasteiger partial charge in [-0.05, 0) is 42.2 Å². The summed E-state index contributed by atoms with van der Waals surface area (Å²) in [4.78, 5) is 41.2. The predicted octanol–water partition coefficient (Wildman–Crippen LogP) is 1.68. The fraction of sp³-hybridized carbons (Fsp3) is 0.324. The molecule has 9 N–H and O–H groups in total. The standard InChI is InChI=1S/C37H42N10O7S.ClH/c38-55(53,54)26-13-7-12-24(16-26)41-37(52)42-25-14-15-46(19-25)36-44-34(39-18-27(22-8-3-1-4-9-22)23-10-5-2-6-11-23)31-35(45-36)47(21-40-31)29-17-28(32(50)33(29)51)43-30(49)20-48;/h1-13,16,21,25,27-29,32-33,48,50-51H,14-15,17-20H2,(H,43,49)(H2,38,53,54)(H,39,44,45)(H2,41,42,52);1H/t25?,28-,29+,32+,33-;/m0./s1. The van der Waals surface area contributed by atoms with E-state index in [0.29, 0.717) is 49.0 Å². The number of halogens is 1. The van der Waals surface area contributed by atoms with Gasteiger partial charge in [0.05, 0.1) is 23.3 Å². The number of anilines is 3. The zero-order chi connectivity index (χ0) is 38.7. The lowest BCUT2D eigenvalue weighted by Crippen LogP contribution is -2.44. The molecule has 2 fully saturated rings.